The molecular weight excluding hydrogens is 444 g/mol. The maximum atomic E-state index is 12.6. The number of anilines is 2. The van der Waals surface area contributed by atoms with Crippen LogP contribution in [0.4, 0.5) is 11.8 Å². The number of pyridine rings is 1. The van der Waals surface area contributed by atoms with Gasteiger partial charge in [0.2, 0.25) is 21.9 Å². The molecule has 0 atom stereocenters. The highest BCUT2D eigenvalue weighted by molar-refractivity contribution is 7.88. The summed E-state index contributed by atoms with van der Waals surface area (Å²) < 4.78 is 31.6. The maximum absolute atomic E-state index is 12.6. The van der Waals surface area contributed by atoms with Gasteiger partial charge in [0, 0.05) is 38.3 Å². The largest absolute Gasteiger partial charge is 0.356 e. The molecule has 2 aliphatic rings. The number of hydrogen-bond donors (Lipinski definition) is 2. The number of fused-ring (bicyclic) bond motifs is 1. The Labute approximate surface area is 192 Å². The van der Waals surface area contributed by atoms with E-state index in [1.807, 2.05) is 36.7 Å². The molecular formula is C21H28N8O3S. The van der Waals surface area contributed by atoms with Crippen molar-refractivity contribution in [2.75, 3.05) is 23.3 Å². The first kappa shape index (κ1) is 21.8. The summed E-state index contributed by atoms with van der Waals surface area (Å²) in [6.45, 7) is 3.20. The first-order valence-corrected chi connectivity index (χ1v) is 12.8. The molecule has 1 aliphatic carbocycles. The fourth-order valence-electron chi connectivity index (χ4n) is 4.16. The molecule has 0 bridgehead atoms. The van der Waals surface area contributed by atoms with Crippen LogP contribution in [0.3, 0.4) is 0 Å². The number of nitrogens with one attached hydrogen (secondary N) is 2. The number of piperidine rings is 1. The van der Waals surface area contributed by atoms with E-state index in [1.165, 1.54) is 0 Å². The van der Waals surface area contributed by atoms with Crippen molar-refractivity contribution in [1.29, 1.82) is 0 Å². The Kier molecular flexibility index (Phi) is 5.57. The summed E-state index contributed by atoms with van der Waals surface area (Å²) in [5.74, 6) is 1.90. The van der Waals surface area contributed by atoms with Gasteiger partial charge in [-0.15, -0.1) is 5.10 Å². The number of amides is 1. The number of nitrogens with zero attached hydrogens (tertiary/aromatic N) is 6. The third-order valence-electron chi connectivity index (χ3n) is 6.18. The molecule has 2 N–H and O–H groups in total. The quantitative estimate of drug-likeness (QED) is 0.529. The van der Waals surface area contributed by atoms with Gasteiger partial charge in [0.15, 0.2) is 5.65 Å². The molecule has 1 saturated carbocycles. The van der Waals surface area contributed by atoms with Crippen LogP contribution in [0.5, 0.6) is 0 Å². The van der Waals surface area contributed by atoms with Crippen molar-refractivity contribution in [3.8, 4) is 0 Å². The predicted octanol–water partition coefficient (Wildman–Crippen LogP) is 1.21. The number of hydrogen-bond acceptors (Lipinski definition) is 7. The highest BCUT2D eigenvalue weighted by Crippen LogP contribution is 2.30. The molecule has 3 aromatic heterocycles. The van der Waals surface area contributed by atoms with Crippen molar-refractivity contribution in [3.05, 3.63) is 35.9 Å². The van der Waals surface area contributed by atoms with E-state index in [0.717, 1.165) is 24.5 Å². The van der Waals surface area contributed by atoms with Crippen molar-refractivity contribution >= 4 is 33.3 Å². The van der Waals surface area contributed by atoms with Gasteiger partial charge >= 0.3 is 0 Å². The van der Waals surface area contributed by atoms with Crippen molar-refractivity contribution in [1.82, 2.24) is 28.9 Å². The lowest BCUT2D eigenvalue weighted by Gasteiger charge is -2.33. The van der Waals surface area contributed by atoms with Crippen molar-refractivity contribution < 1.29 is 13.2 Å². The number of imidazole rings is 1. The molecule has 1 amide bonds. The van der Waals surface area contributed by atoms with Crippen molar-refractivity contribution in [3.63, 3.8) is 0 Å². The average Bonchev–Trinajstić information content (AvgIpc) is 3.46. The molecule has 33 heavy (non-hydrogen) atoms. The summed E-state index contributed by atoms with van der Waals surface area (Å²) in [7, 11) is -1.63. The minimum absolute atomic E-state index is 0.0265. The molecule has 0 radical (unpaired) electrons. The van der Waals surface area contributed by atoms with Gasteiger partial charge in [-0.3, -0.25) is 10.1 Å². The number of carbonyl (C=O) groups is 1. The monoisotopic (exact) mass is 472 g/mol. The minimum Gasteiger partial charge on any atom is -0.356 e. The third-order valence-corrected chi connectivity index (χ3v) is 7.55. The molecule has 4 heterocycles. The van der Waals surface area contributed by atoms with Crippen LogP contribution in [0.2, 0.25) is 0 Å². The molecule has 12 heteroatoms. The van der Waals surface area contributed by atoms with Crippen LogP contribution in [0.15, 0.2) is 24.4 Å². The maximum Gasteiger partial charge on any atom is 0.249 e. The molecule has 0 aromatic carbocycles. The van der Waals surface area contributed by atoms with E-state index in [2.05, 4.69) is 30.0 Å². The number of sulfonamides is 1. The lowest BCUT2D eigenvalue weighted by Crippen LogP contribution is -2.45. The predicted molar refractivity (Wildman–Crippen MR) is 123 cm³/mol. The Morgan fingerprint density at radius 1 is 1.15 bits per heavy atom. The zero-order valence-corrected chi connectivity index (χ0v) is 19.5. The van der Waals surface area contributed by atoms with Gasteiger partial charge in [-0.05, 0) is 44.7 Å². The molecule has 2 fully saturated rings. The summed E-state index contributed by atoms with van der Waals surface area (Å²) in [6, 6.07) is 5.60. The lowest BCUT2D eigenvalue weighted by molar-refractivity contribution is -0.117. The van der Waals surface area contributed by atoms with E-state index in [1.54, 1.807) is 10.7 Å². The zero-order chi connectivity index (χ0) is 23.2. The van der Waals surface area contributed by atoms with E-state index < -0.39 is 10.0 Å². The van der Waals surface area contributed by atoms with Crippen LogP contribution < -0.4 is 14.9 Å². The summed E-state index contributed by atoms with van der Waals surface area (Å²) in [5.41, 5.74) is 1.20. The fraction of sp³-hybridized carbons (Fsp3) is 0.524. The van der Waals surface area contributed by atoms with E-state index in [0.29, 0.717) is 43.2 Å². The molecule has 1 aliphatic heterocycles. The molecule has 11 nitrogen and oxygen atoms in total. The molecule has 5 rings (SSSR count). The summed E-state index contributed by atoms with van der Waals surface area (Å²) in [4.78, 5) is 22.9. The molecule has 0 spiro atoms. The van der Waals surface area contributed by atoms with E-state index in [-0.39, 0.29) is 23.6 Å². The number of aryl methyl sites for hydroxylation is 2. The Morgan fingerprint density at radius 2 is 1.91 bits per heavy atom. The molecule has 1 saturated heterocycles. The van der Waals surface area contributed by atoms with Gasteiger partial charge in [0.25, 0.3) is 0 Å². The number of rotatable bonds is 7. The normalized spacial score (nSPS) is 17.6. The van der Waals surface area contributed by atoms with E-state index >= 15 is 0 Å². The van der Waals surface area contributed by atoms with Gasteiger partial charge in [-0.25, -0.2) is 18.1 Å². The van der Waals surface area contributed by atoms with Crippen molar-refractivity contribution in [2.24, 2.45) is 13.0 Å². The van der Waals surface area contributed by atoms with Gasteiger partial charge in [0.1, 0.15) is 17.4 Å². The Balaban J connectivity index is 1.22. The van der Waals surface area contributed by atoms with Gasteiger partial charge in [0.05, 0.1) is 5.69 Å². The first-order chi connectivity index (χ1) is 15.8. The Morgan fingerprint density at radius 3 is 2.58 bits per heavy atom. The SMILES string of the molecule is Cc1nc(CS(=O)(=O)NC2CCN(c3cccc4nc(NC(=O)C5CC5)nn34)CC2)cn1C. The second-order valence-electron chi connectivity index (χ2n) is 8.88. The third kappa shape index (κ3) is 4.86. The molecule has 0 unspecified atom stereocenters. The zero-order valence-electron chi connectivity index (χ0n) is 18.7. The topological polar surface area (TPSA) is 127 Å². The van der Waals surface area contributed by atoms with Gasteiger partial charge in [-0.2, -0.15) is 9.50 Å². The van der Waals surface area contributed by atoms with Gasteiger partial charge < -0.3 is 9.47 Å². The van der Waals surface area contributed by atoms with E-state index in [4.69, 9.17) is 0 Å². The van der Waals surface area contributed by atoms with Crippen LogP contribution >= 0.6 is 0 Å². The summed E-state index contributed by atoms with van der Waals surface area (Å²) in [5, 5.41) is 7.28. The van der Waals surface area contributed by atoms with Gasteiger partial charge in [-0.1, -0.05) is 6.07 Å². The molecule has 176 valence electrons. The lowest BCUT2D eigenvalue weighted by atomic mass is 10.1. The second kappa shape index (κ2) is 8.41. The molecule has 3 aromatic rings. The van der Waals surface area contributed by atoms with Crippen LogP contribution in [-0.2, 0) is 27.6 Å². The minimum atomic E-state index is -3.48. The van der Waals surface area contributed by atoms with Crippen LogP contribution in [0, 0.1) is 12.8 Å². The van der Waals surface area contributed by atoms with Crippen LogP contribution in [0.1, 0.15) is 37.2 Å². The Bertz CT molecular complexity index is 1270. The van der Waals surface area contributed by atoms with Crippen LogP contribution in [0.25, 0.3) is 5.65 Å². The summed E-state index contributed by atoms with van der Waals surface area (Å²) >= 11 is 0. The first-order valence-electron chi connectivity index (χ1n) is 11.2. The fourth-order valence-corrected chi connectivity index (χ4v) is 5.52. The van der Waals surface area contributed by atoms with Crippen molar-refractivity contribution in [2.45, 2.75) is 44.4 Å². The second-order valence-corrected chi connectivity index (χ2v) is 10.6. The highest BCUT2D eigenvalue weighted by Gasteiger charge is 2.30. The number of carbonyl (C=O) groups excluding carboxylic acids is 1. The van der Waals surface area contributed by atoms with E-state index in [9.17, 15) is 13.2 Å². The highest BCUT2D eigenvalue weighted by atomic mass is 32.2. The van der Waals surface area contributed by atoms with Crippen LogP contribution in [-0.4, -0.2) is 57.6 Å². The average molecular weight is 473 g/mol. The standard InChI is InChI=1S/C21H28N8O3S/c1-14-22-17(12-27(14)2)13-33(31,32)26-16-8-10-28(11-9-16)19-5-3-4-18-23-21(25-29(18)19)24-20(30)15-6-7-15/h3-5,12,15-16,26H,6-11,13H2,1-2H3,(H,24,25,30). The summed E-state index contributed by atoms with van der Waals surface area (Å²) in [6.07, 6.45) is 4.94. The number of aromatic nitrogens is 5. The smallest absolute Gasteiger partial charge is 0.249 e. The Hall–Kier alpha value is -2.99.